The molecule has 14 heavy (non-hydrogen) atoms. The molecular weight excluding hydrogens is 297 g/mol. The second-order valence-corrected chi connectivity index (χ2v) is 3.18. The number of carbonyl (C=O) groups is 2. The number of alkyl halides is 1. The lowest BCUT2D eigenvalue weighted by Gasteiger charge is -2.03. The lowest BCUT2D eigenvalue weighted by molar-refractivity contribution is -0.127. The molecule has 1 amide bonds. The van der Waals surface area contributed by atoms with Gasteiger partial charge in [0.1, 0.15) is 0 Å². The van der Waals surface area contributed by atoms with Gasteiger partial charge in [-0.2, -0.15) is 5.48 Å². The third kappa shape index (κ3) is 3.33. The highest BCUT2D eigenvalue weighted by molar-refractivity contribution is 14.1. The summed E-state index contributed by atoms with van der Waals surface area (Å²) in [5, 5.41) is 0. The Morgan fingerprint density at radius 2 is 1.93 bits per heavy atom. The van der Waals surface area contributed by atoms with Crippen LogP contribution in [0.15, 0.2) is 30.3 Å². The predicted molar refractivity (Wildman–Crippen MR) is 58.9 cm³/mol. The maximum atomic E-state index is 11.2. The Morgan fingerprint density at radius 1 is 1.29 bits per heavy atom. The highest BCUT2D eigenvalue weighted by Crippen LogP contribution is 1.99. The van der Waals surface area contributed by atoms with Crippen molar-refractivity contribution in [3.8, 4) is 0 Å². The van der Waals surface area contributed by atoms with Crippen molar-refractivity contribution in [2.45, 2.75) is 0 Å². The molecule has 4 nitrogen and oxygen atoms in total. The van der Waals surface area contributed by atoms with Gasteiger partial charge in [-0.15, -0.1) is 0 Å². The van der Waals surface area contributed by atoms with Crippen molar-refractivity contribution < 1.29 is 14.4 Å². The van der Waals surface area contributed by atoms with Crippen molar-refractivity contribution in [1.29, 1.82) is 0 Å². The molecule has 0 atom stereocenters. The lowest BCUT2D eigenvalue weighted by Crippen LogP contribution is -2.27. The van der Waals surface area contributed by atoms with E-state index >= 15 is 0 Å². The van der Waals surface area contributed by atoms with Crippen molar-refractivity contribution >= 4 is 34.5 Å². The number of rotatable bonds is 2. The maximum Gasteiger partial charge on any atom is 0.362 e. The van der Waals surface area contributed by atoms with E-state index in [0.29, 0.717) is 5.56 Å². The first kappa shape index (κ1) is 11.0. The molecule has 1 aromatic rings. The third-order valence-electron chi connectivity index (χ3n) is 1.39. The van der Waals surface area contributed by atoms with Crippen molar-refractivity contribution in [3.63, 3.8) is 0 Å². The standard InChI is InChI=1S/C9H8INO3/c10-6-8(12)11-14-9(13)7-4-2-1-3-5-7/h1-5H,6H2,(H,11,12). The van der Waals surface area contributed by atoms with Gasteiger partial charge in [0.05, 0.1) is 9.99 Å². The first-order valence-electron chi connectivity index (χ1n) is 3.85. The van der Waals surface area contributed by atoms with Crippen LogP contribution in [-0.4, -0.2) is 16.3 Å². The van der Waals surface area contributed by atoms with Crippen LogP contribution in [0.4, 0.5) is 0 Å². The number of hydrogen-bond acceptors (Lipinski definition) is 3. The molecule has 0 heterocycles. The van der Waals surface area contributed by atoms with E-state index < -0.39 is 5.97 Å². The van der Waals surface area contributed by atoms with E-state index in [1.165, 1.54) is 0 Å². The average Bonchev–Trinajstić information content (AvgIpc) is 2.26. The van der Waals surface area contributed by atoms with Crippen molar-refractivity contribution in [3.05, 3.63) is 35.9 Å². The summed E-state index contributed by atoms with van der Waals surface area (Å²) in [5.74, 6) is -0.904. The zero-order valence-electron chi connectivity index (χ0n) is 7.20. The molecule has 0 radical (unpaired) electrons. The van der Waals surface area contributed by atoms with Crippen molar-refractivity contribution in [2.75, 3.05) is 4.43 Å². The van der Waals surface area contributed by atoms with Gasteiger partial charge >= 0.3 is 5.97 Å². The zero-order chi connectivity index (χ0) is 10.4. The summed E-state index contributed by atoms with van der Waals surface area (Å²) >= 11 is 1.87. The van der Waals surface area contributed by atoms with E-state index in [4.69, 9.17) is 0 Å². The molecule has 0 fully saturated rings. The van der Waals surface area contributed by atoms with E-state index in [9.17, 15) is 9.59 Å². The SMILES string of the molecule is O=C(CI)NOC(=O)c1ccccc1. The van der Waals surface area contributed by atoms with Crippen LogP contribution in [-0.2, 0) is 9.63 Å². The molecule has 74 valence electrons. The third-order valence-corrected chi connectivity index (χ3v) is 2.08. The lowest BCUT2D eigenvalue weighted by atomic mass is 10.2. The van der Waals surface area contributed by atoms with Crippen LogP contribution >= 0.6 is 22.6 Å². The Kier molecular flexibility index (Phi) is 4.37. The fourth-order valence-corrected chi connectivity index (χ4v) is 0.919. The summed E-state index contributed by atoms with van der Waals surface area (Å²) in [6.07, 6.45) is 0. The second kappa shape index (κ2) is 5.58. The largest absolute Gasteiger partial charge is 0.362 e. The number of nitrogens with one attached hydrogen (secondary N) is 1. The summed E-state index contributed by atoms with van der Waals surface area (Å²) in [4.78, 5) is 26.5. The maximum absolute atomic E-state index is 11.2. The Morgan fingerprint density at radius 3 is 2.50 bits per heavy atom. The summed E-state index contributed by atoms with van der Waals surface area (Å²) in [6, 6.07) is 8.45. The minimum atomic E-state index is -0.566. The molecule has 1 rings (SSSR count). The summed E-state index contributed by atoms with van der Waals surface area (Å²) < 4.78 is 0.250. The minimum absolute atomic E-state index is 0.250. The van der Waals surface area contributed by atoms with E-state index in [0.717, 1.165) is 0 Å². The van der Waals surface area contributed by atoms with E-state index in [2.05, 4.69) is 4.84 Å². The predicted octanol–water partition coefficient (Wildman–Crippen LogP) is 1.31. The van der Waals surface area contributed by atoms with Crippen LogP contribution < -0.4 is 5.48 Å². The van der Waals surface area contributed by atoms with Gasteiger partial charge in [0.25, 0.3) is 5.91 Å². The van der Waals surface area contributed by atoms with Crippen LogP contribution in [0.25, 0.3) is 0 Å². The first-order chi connectivity index (χ1) is 6.74. The van der Waals surface area contributed by atoms with Gasteiger partial charge in [-0.25, -0.2) is 4.79 Å². The molecule has 0 saturated heterocycles. The summed E-state index contributed by atoms with van der Waals surface area (Å²) in [5.41, 5.74) is 2.44. The molecule has 0 spiro atoms. The number of hydroxylamine groups is 1. The molecule has 1 aromatic carbocycles. The molecule has 0 unspecified atom stereocenters. The Hall–Kier alpha value is -1.11. The highest BCUT2D eigenvalue weighted by Gasteiger charge is 2.07. The van der Waals surface area contributed by atoms with Crippen molar-refractivity contribution in [2.24, 2.45) is 0 Å². The molecule has 0 aliphatic heterocycles. The van der Waals surface area contributed by atoms with Gasteiger partial charge in [0.15, 0.2) is 0 Å². The Bertz CT molecular complexity index is 326. The van der Waals surface area contributed by atoms with Gasteiger partial charge in [-0.05, 0) is 12.1 Å². The number of carbonyl (C=O) groups excluding carboxylic acids is 2. The summed E-state index contributed by atoms with van der Waals surface area (Å²) in [6.45, 7) is 0. The van der Waals surface area contributed by atoms with E-state index in [1.54, 1.807) is 30.3 Å². The van der Waals surface area contributed by atoms with Crippen LogP contribution in [0.5, 0.6) is 0 Å². The van der Waals surface area contributed by atoms with Gasteiger partial charge in [-0.1, -0.05) is 40.8 Å². The molecule has 0 aliphatic rings. The highest BCUT2D eigenvalue weighted by atomic mass is 127. The van der Waals surface area contributed by atoms with E-state index in [1.807, 2.05) is 28.1 Å². The molecule has 5 heteroatoms. The first-order valence-corrected chi connectivity index (χ1v) is 5.37. The molecule has 0 aromatic heterocycles. The molecule has 0 aliphatic carbocycles. The van der Waals surface area contributed by atoms with Gasteiger partial charge in [-0.3, -0.25) is 4.79 Å². The van der Waals surface area contributed by atoms with Gasteiger partial charge in [0.2, 0.25) is 0 Å². The fourth-order valence-electron chi connectivity index (χ4n) is 0.764. The second-order valence-electron chi connectivity index (χ2n) is 2.41. The quantitative estimate of drug-likeness (QED) is 0.509. The number of benzene rings is 1. The van der Waals surface area contributed by atoms with Crippen LogP contribution in [0.2, 0.25) is 0 Å². The van der Waals surface area contributed by atoms with E-state index in [-0.39, 0.29) is 10.3 Å². The Balaban J connectivity index is 2.48. The normalized spacial score (nSPS) is 9.21. The smallest absolute Gasteiger partial charge is 0.335 e. The number of hydrogen-bond donors (Lipinski definition) is 1. The monoisotopic (exact) mass is 305 g/mol. The molecule has 1 N–H and O–H groups in total. The van der Waals surface area contributed by atoms with Gasteiger partial charge < -0.3 is 4.84 Å². The molecular formula is C9H8INO3. The Labute approximate surface area is 94.7 Å². The molecule has 0 bridgehead atoms. The molecule has 0 saturated carbocycles. The van der Waals surface area contributed by atoms with Crippen LogP contribution in [0, 0.1) is 0 Å². The fraction of sp³-hybridized carbons (Fsp3) is 0.111. The number of halogens is 1. The average molecular weight is 305 g/mol. The summed E-state index contributed by atoms with van der Waals surface area (Å²) in [7, 11) is 0. The zero-order valence-corrected chi connectivity index (χ0v) is 9.35. The van der Waals surface area contributed by atoms with Gasteiger partial charge in [0, 0.05) is 0 Å². The minimum Gasteiger partial charge on any atom is -0.335 e. The van der Waals surface area contributed by atoms with Crippen molar-refractivity contribution in [1.82, 2.24) is 5.48 Å². The van der Waals surface area contributed by atoms with Crippen LogP contribution in [0.1, 0.15) is 10.4 Å². The topological polar surface area (TPSA) is 55.4 Å². The van der Waals surface area contributed by atoms with Crippen LogP contribution in [0.3, 0.4) is 0 Å². The number of amides is 1.